The van der Waals surface area contributed by atoms with Crippen molar-refractivity contribution in [3.63, 3.8) is 0 Å². The molecule has 0 saturated heterocycles. The molecule has 0 atom stereocenters. The van der Waals surface area contributed by atoms with Crippen LogP contribution in [0.5, 0.6) is 0 Å². The molecule has 1 rings (SSSR count). The lowest BCUT2D eigenvalue weighted by Gasteiger charge is -1.69. The van der Waals surface area contributed by atoms with Gasteiger partial charge in [0, 0.05) is 0 Å². The van der Waals surface area contributed by atoms with Crippen molar-refractivity contribution in [1.82, 2.24) is 0 Å². The Balaban J connectivity index is 0.000000250. The van der Waals surface area contributed by atoms with E-state index in [1.54, 1.807) is 0 Å². The summed E-state index contributed by atoms with van der Waals surface area (Å²) in [5.74, 6) is 0. The van der Waals surface area contributed by atoms with Crippen LogP contribution in [0.4, 0.5) is 0 Å². The Labute approximate surface area is 38.0 Å². The first kappa shape index (κ1) is 5.70. The average molecular weight is 86.1 g/mol. The van der Waals surface area contributed by atoms with Crippen molar-refractivity contribution in [2.45, 2.75) is 19.3 Å². The third-order valence-corrected chi connectivity index (χ3v) is 0.908. The first-order valence-corrected chi connectivity index (χ1v) is 2.15. The monoisotopic (exact) mass is 86.1 g/mol. The van der Waals surface area contributed by atoms with Crippen LogP contribution in [0.2, 0.25) is 0 Å². The molecule has 1 nitrogen and oxygen atoms in total. The highest BCUT2D eigenvalue weighted by Gasteiger charge is 1.84. The molecule has 0 heterocycles. The summed E-state index contributed by atoms with van der Waals surface area (Å²) in [6.45, 7) is 0. The van der Waals surface area contributed by atoms with E-state index in [-0.39, 0.29) is 5.48 Å². The van der Waals surface area contributed by atoms with Gasteiger partial charge in [0.1, 0.15) is 0 Å². The van der Waals surface area contributed by atoms with E-state index >= 15 is 0 Å². The van der Waals surface area contributed by atoms with Crippen molar-refractivity contribution in [2.24, 2.45) is 0 Å². The summed E-state index contributed by atoms with van der Waals surface area (Å²) >= 11 is 0. The molecule has 1 heteroatoms. The summed E-state index contributed by atoms with van der Waals surface area (Å²) in [4.78, 5) is 0. The second-order valence-corrected chi connectivity index (χ2v) is 1.40. The molecule has 0 aliphatic heterocycles. The summed E-state index contributed by atoms with van der Waals surface area (Å²) in [5.41, 5.74) is 0. The topological polar surface area (TPSA) is 31.5 Å². The first-order chi connectivity index (χ1) is 2.50. The zero-order valence-corrected chi connectivity index (χ0v) is 3.78. The molecule has 36 valence electrons. The second kappa shape index (κ2) is 2.91. The lowest BCUT2D eigenvalue weighted by atomic mass is 10.4. The summed E-state index contributed by atoms with van der Waals surface area (Å²) < 4.78 is 0. The van der Waals surface area contributed by atoms with Gasteiger partial charge in [-0.15, -0.1) is 0 Å². The maximum absolute atomic E-state index is 2.24. The minimum Gasteiger partial charge on any atom is -0.412 e. The van der Waals surface area contributed by atoms with Crippen LogP contribution >= 0.6 is 0 Å². The molecule has 0 unspecified atom stereocenters. The molecule has 0 spiro atoms. The van der Waals surface area contributed by atoms with Crippen LogP contribution in [-0.4, -0.2) is 5.48 Å². The molecular formula is C5H10O. The molecule has 2 N–H and O–H groups in total. The summed E-state index contributed by atoms with van der Waals surface area (Å²) in [6, 6.07) is 0. The summed E-state index contributed by atoms with van der Waals surface area (Å²) in [6.07, 6.45) is 8.50. The van der Waals surface area contributed by atoms with Crippen LogP contribution in [0, 0.1) is 0 Å². The van der Waals surface area contributed by atoms with Gasteiger partial charge in [-0.25, -0.2) is 0 Å². The normalized spacial score (nSPS) is 17.3. The molecular weight excluding hydrogens is 76.1 g/mol. The molecule has 0 aromatic carbocycles. The molecule has 0 amide bonds. The third kappa shape index (κ3) is 1.22. The van der Waals surface area contributed by atoms with Crippen LogP contribution in [0.1, 0.15) is 19.3 Å². The minimum absolute atomic E-state index is 0. The van der Waals surface area contributed by atoms with Gasteiger partial charge in [-0.2, -0.15) is 0 Å². The third-order valence-electron chi connectivity index (χ3n) is 0.908. The van der Waals surface area contributed by atoms with E-state index in [1.165, 1.54) is 19.3 Å². The molecule has 1 aliphatic rings. The maximum Gasteiger partial charge on any atom is -0.0348 e. The predicted octanol–water partition coefficient (Wildman–Crippen LogP) is 0.902. The van der Waals surface area contributed by atoms with Crippen LogP contribution in [-0.2, 0) is 0 Å². The average Bonchev–Trinajstić information content (AvgIpc) is 1.76. The summed E-state index contributed by atoms with van der Waals surface area (Å²) in [7, 11) is 0. The molecule has 1 aliphatic carbocycles. The minimum atomic E-state index is 0. The number of hydrogen-bond acceptors (Lipinski definition) is 0. The van der Waals surface area contributed by atoms with E-state index in [4.69, 9.17) is 0 Å². The smallest absolute Gasteiger partial charge is 0.0348 e. The number of rotatable bonds is 0. The molecule has 0 radical (unpaired) electrons. The number of hydrogen-bond donors (Lipinski definition) is 0. The predicted molar refractivity (Wildman–Crippen MR) is 26.6 cm³/mol. The van der Waals surface area contributed by atoms with Gasteiger partial charge in [-0.3, -0.25) is 0 Å². The highest BCUT2D eigenvalue weighted by Crippen LogP contribution is 2.05. The van der Waals surface area contributed by atoms with E-state index < -0.39 is 0 Å². The van der Waals surface area contributed by atoms with E-state index in [0.717, 1.165) is 0 Å². The van der Waals surface area contributed by atoms with Gasteiger partial charge in [0.25, 0.3) is 0 Å². The second-order valence-electron chi connectivity index (χ2n) is 1.40. The van der Waals surface area contributed by atoms with Crippen molar-refractivity contribution in [3.05, 3.63) is 12.2 Å². The Morgan fingerprint density at radius 2 is 1.50 bits per heavy atom. The molecule has 0 fully saturated rings. The SMILES string of the molecule is C1=CCCC1.O. The van der Waals surface area contributed by atoms with Crippen molar-refractivity contribution >= 4 is 0 Å². The van der Waals surface area contributed by atoms with Gasteiger partial charge in [0.05, 0.1) is 0 Å². The zero-order chi connectivity index (χ0) is 3.54. The van der Waals surface area contributed by atoms with E-state index in [1.807, 2.05) is 0 Å². The lowest BCUT2D eigenvalue weighted by molar-refractivity contribution is 0.824. The van der Waals surface area contributed by atoms with Gasteiger partial charge in [0.15, 0.2) is 0 Å². The maximum atomic E-state index is 2.24. The zero-order valence-electron chi connectivity index (χ0n) is 3.78. The standard InChI is InChI=1S/C5H8.H2O/c1-2-4-5-3-1;/h1-2H,3-5H2;1H2. The van der Waals surface area contributed by atoms with Gasteiger partial charge in [-0.1, -0.05) is 12.2 Å². The fraction of sp³-hybridized carbons (Fsp3) is 0.600. The van der Waals surface area contributed by atoms with Crippen LogP contribution in [0.15, 0.2) is 12.2 Å². The highest BCUT2D eigenvalue weighted by atomic mass is 16.0. The molecule has 0 saturated carbocycles. The van der Waals surface area contributed by atoms with Crippen molar-refractivity contribution in [1.29, 1.82) is 0 Å². The van der Waals surface area contributed by atoms with Crippen molar-refractivity contribution < 1.29 is 5.48 Å². The van der Waals surface area contributed by atoms with Crippen LogP contribution in [0.25, 0.3) is 0 Å². The molecule has 0 bridgehead atoms. The Morgan fingerprint density at radius 1 is 1.00 bits per heavy atom. The highest BCUT2D eigenvalue weighted by molar-refractivity contribution is 4.88. The Morgan fingerprint density at radius 3 is 1.67 bits per heavy atom. The van der Waals surface area contributed by atoms with Crippen LogP contribution < -0.4 is 0 Å². The largest absolute Gasteiger partial charge is 0.412 e. The van der Waals surface area contributed by atoms with Gasteiger partial charge < -0.3 is 5.48 Å². The van der Waals surface area contributed by atoms with E-state index in [0.29, 0.717) is 0 Å². The fourth-order valence-corrected chi connectivity index (χ4v) is 0.589. The van der Waals surface area contributed by atoms with Crippen molar-refractivity contribution in [2.75, 3.05) is 0 Å². The number of allylic oxidation sites excluding steroid dienone is 2. The lowest BCUT2D eigenvalue weighted by Crippen LogP contribution is -1.50. The van der Waals surface area contributed by atoms with Gasteiger partial charge in [0.2, 0.25) is 0 Å². The quantitative estimate of drug-likeness (QED) is 0.392. The first-order valence-electron chi connectivity index (χ1n) is 2.15. The van der Waals surface area contributed by atoms with Gasteiger partial charge in [-0.05, 0) is 19.3 Å². The van der Waals surface area contributed by atoms with E-state index in [9.17, 15) is 0 Å². The van der Waals surface area contributed by atoms with E-state index in [2.05, 4.69) is 12.2 Å². The Hall–Kier alpha value is -0.300. The fourth-order valence-electron chi connectivity index (χ4n) is 0.589. The Bertz CT molecular complexity index is 41.9. The molecule has 0 aromatic heterocycles. The van der Waals surface area contributed by atoms with Crippen LogP contribution in [0.3, 0.4) is 0 Å². The molecule has 0 aromatic rings. The molecule has 6 heavy (non-hydrogen) atoms. The van der Waals surface area contributed by atoms with Gasteiger partial charge >= 0.3 is 0 Å². The van der Waals surface area contributed by atoms with Crippen molar-refractivity contribution in [3.8, 4) is 0 Å². The Kier molecular flexibility index (Phi) is 2.77. The summed E-state index contributed by atoms with van der Waals surface area (Å²) in [5, 5.41) is 0.